The SMILES string of the molecule is Nc1ccc(C(=O)NCCO)c(F)c1. The zero-order valence-corrected chi connectivity index (χ0v) is 7.46. The van der Waals surface area contributed by atoms with Gasteiger partial charge in [0.25, 0.3) is 5.91 Å². The highest BCUT2D eigenvalue weighted by Crippen LogP contribution is 2.11. The number of benzene rings is 1. The highest BCUT2D eigenvalue weighted by Gasteiger charge is 2.10. The largest absolute Gasteiger partial charge is 0.399 e. The second-order valence-corrected chi connectivity index (χ2v) is 2.72. The van der Waals surface area contributed by atoms with Crippen molar-refractivity contribution in [3.63, 3.8) is 0 Å². The van der Waals surface area contributed by atoms with E-state index in [0.717, 1.165) is 6.07 Å². The predicted octanol–water partition coefficient (Wildman–Crippen LogP) is 0.130. The van der Waals surface area contributed by atoms with Gasteiger partial charge in [-0.2, -0.15) is 0 Å². The molecule has 1 amide bonds. The van der Waals surface area contributed by atoms with Gasteiger partial charge >= 0.3 is 0 Å². The number of halogens is 1. The number of hydrogen-bond acceptors (Lipinski definition) is 3. The molecule has 0 atom stereocenters. The molecule has 4 N–H and O–H groups in total. The molecule has 0 aliphatic heterocycles. The Hall–Kier alpha value is -1.62. The first-order valence-corrected chi connectivity index (χ1v) is 4.09. The van der Waals surface area contributed by atoms with Gasteiger partial charge in [0.1, 0.15) is 5.82 Å². The molecule has 0 fully saturated rings. The molecule has 14 heavy (non-hydrogen) atoms. The molecular weight excluding hydrogens is 187 g/mol. The van der Waals surface area contributed by atoms with Crippen molar-refractivity contribution in [1.82, 2.24) is 5.32 Å². The minimum Gasteiger partial charge on any atom is -0.399 e. The van der Waals surface area contributed by atoms with E-state index < -0.39 is 11.7 Å². The summed E-state index contributed by atoms with van der Waals surface area (Å²) in [5.74, 6) is -1.23. The van der Waals surface area contributed by atoms with Crippen molar-refractivity contribution in [3.05, 3.63) is 29.6 Å². The second kappa shape index (κ2) is 4.57. The predicted molar refractivity (Wildman–Crippen MR) is 50.2 cm³/mol. The molecule has 0 aromatic heterocycles. The van der Waals surface area contributed by atoms with E-state index in [4.69, 9.17) is 10.8 Å². The van der Waals surface area contributed by atoms with Crippen molar-refractivity contribution in [1.29, 1.82) is 0 Å². The maximum absolute atomic E-state index is 13.1. The Morgan fingerprint density at radius 2 is 2.29 bits per heavy atom. The second-order valence-electron chi connectivity index (χ2n) is 2.72. The number of carbonyl (C=O) groups is 1. The van der Waals surface area contributed by atoms with Crippen LogP contribution in [0.5, 0.6) is 0 Å². The van der Waals surface area contributed by atoms with Crippen LogP contribution in [0.4, 0.5) is 10.1 Å². The van der Waals surface area contributed by atoms with Gasteiger partial charge in [-0.25, -0.2) is 4.39 Å². The molecule has 1 aromatic carbocycles. The summed E-state index contributed by atoms with van der Waals surface area (Å²) in [5, 5.41) is 10.8. The molecule has 0 saturated carbocycles. The molecule has 0 unspecified atom stereocenters. The van der Waals surface area contributed by atoms with Crippen LogP contribution in [0.2, 0.25) is 0 Å². The Morgan fingerprint density at radius 3 is 2.86 bits per heavy atom. The fraction of sp³-hybridized carbons (Fsp3) is 0.222. The van der Waals surface area contributed by atoms with Crippen LogP contribution < -0.4 is 11.1 Å². The van der Waals surface area contributed by atoms with E-state index in [1.165, 1.54) is 12.1 Å². The maximum Gasteiger partial charge on any atom is 0.254 e. The molecule has 0 radical (unpaired) electrons. The standard InChI is InChI=1S/C9H11FN2O2/c10-8-5-6(11)1-2-7(8)9(14)12-3-4-13/h1-2,5,13H,3-4,11H2,(H,12,14). The highest BCUT2D eigenvalue weighted by molar-refractivity contribution is 5.94. The summed E-state index contributed by atoms with van der Waals surface area (Å²) < 4.78 is 13.1. The molecule has 5 heteroatoms. The van der Waals surface area contributed by atoms with Crippen molar-refractivity contribution in [2.45, 2.75) is 0 Å². The fourth-order valence-corrected chi connectivity index (χ4v) is 0.980. The number of anilines is 1. The van der Waals surface area contributed by atoms with Crippen LogP contribution in [0.1, 0.15) is 10.4 Å². The van der Waals surface area contributed by atoms with E-state index in [1.54, 1.807) is 0 Å². The van der Waals surface area contributed by atoms with Gasteiger partial charge in [-0.05, 0) is 18.2 Å². The summed E-state index contributed by atoms with van der Waals surface area (Å²) in [5.41, 5.74) is 5.50. The lowest BCUT2D eigenvalue weighted by molar-refractivity contribution is 0.0941. The number of amides is 1. The summed E-state index contributed by atoms with van der Waals surface area (Å²) >= 11 is 0. The third-order valence-electron chi connectivity index (χ3n) is 1.64. The van der Waals surface area contributed by atoms with Gasteiger partial charge in [0, 0.05) is 12.2 Å². The molecule has 0 heterocycles. The van der Waals surface area contributed by atoms with Crippen molar-refractivity contribution in [2.24, 2.45) is 0 Å². The third kappa shape index (κ3) is 2.43. The number of nitrogens with two attached hydrogens (primary N) is 1. The number of carbonyl (C=O) groups excluding carboxylic acids is 1. The zero-order chi connectivity index (χ0) is 10.6. The smallest absolute Gasteiger partial charge is 0.254 e. The van der Waals surface area contributed by atoms with E-state index in [-0.39, 0.29) is 24.4 Å². The monoisotopic (exact) mass is 198 g/mol. The Bertz CT molecular complexity index is 342. The molecule has 0 saturated heterocycles. The van der Waals surface area contributed by atoms with Gasteiger partial charge in [-0.15, -0.1) is 0 Å². The minimum absolute atomic E-state index is 0.0762. The molecule has 76 valence electrons. The molecule has 1 aromatic rings. The van der Waals surface area contributed by atoms with Gasteiger partial charge in [0.05, 0.1) is 12.2 Å². The lowest BCUT2D eigenvalue weighted by Gasteiger charge is -2.04. The molecule has 0 bridgehead atoms. The first-order chi connectivity index (χ1) is 6.65. The summed E-state index contributed by atoms with van der Waals surface area (Å²) in [6.07, 6.45) is 0. The molecule has 0 aliphatic carbocycles. The molecular formula is C9H11FN2O2. The Kier molecular flexibility index (Phi) is 3.41. The fourth-order valence-electron chi connectivity index (χ4n) is 0.980. The molecule has 4 nitrogen and oxygen atoms in total. The maximum atomic E-state index is 13.1. The number of nitrogen functional groups attached to an aromatic ring is 1. The topological polar surface area (TPSA) is 75.4 Å². The average molecular weight is 198 g/mol. The van der Waals surface area contributed by atoms with Gasteiger partial charge in [0.2, 0.25) is 0 Å². The van der Waals surface area contributed by atoms with Crippen LogP contribution in [0.3, 0.4) is 0 Å². The lowest BCUT2D eigenvalue weighted by Crippen LogP contribution is -2.27. The third-order valence-corrected chi connectivity index (χ3v) is 1.64. The van der Waals surface area contributed by atoms with Gasteiger partial charge in [0.15, 0.2) is 0 Å². The van der Waals surface area contributed by atoms with E-state index in [2.05, 4.69) is 5.32 Å². The summed E-state index contributed by atoms with van der Waals surface area (Å²) in [7, 11) is 0. The quantitative estimate of drug-likeness (QED) is 0.604. The van der Waals surface area contributed by atoms with Crippen molar-refractivity contribution in [3.8, 4) is 0 Å². The minimum atomic E-state index is -0.666. The van der Waals surface area contributed by atoms with Crippen LogP contribution in [0, 0.1) is 5.82 Å². The number of aliphatic hydroxyl groups excluding tert-OH is 1. The molecule has 0 aliphatic rings. The summed E-state index contributed by atoms with van der Waals surface area (Å²) in [6.45, 7) is -0.0784. The molecule has 1 rings (SSSR count). The van der Waals surface area contributed by atoms with E-state index in [0.29, 0.717) is 0 Å². The van der Waals surface area contributed by atoms with Gasteiger partial charge in [-0.3, -0.25) is 4.79 Å². The van der Waals surface area contributed by atoms with Crippen molar-refractivity contribution >= 4 is 11.6 Å². The van der Waals surface area contributed by atoms with Crippen LogP contribution in [0.25, 0.3) is 0 Å². The summed E-state index contributed by atoms with van der Waals surface area (Å²) in [6, 6.07) is 3.82. The van der Waals surface area contributed by atoms with Gasteiger partial charge < -0.3 is 16.2 Å². The number of hydrogen-bond donors (Lipinski definition) is 3. The Morgan fingerprint density at radius 1 is 1.57 bits per heavy atom. The van der Waals surface area contributed by atoms with Crippen molar-refractivity contribution in [2.75, 3.05) is 18.9 Å². The van der Waals surface area contributed by atoms with Crippen LogP contribution >= 0.6 is 0 Å². The van der Waals surface area contributed by atoms with E-state index >= 15 is 0 Å². The van der Waals surface area contributed by atoms with E-state index in [1.807, 2.05) is 0 Å². The lowest BCUT2D eigenvalue weighted by atomic mass is 10.2. The van der Waals surface area contributed by atoms with E-state index in [9.17, 15) is 9.18 Å². The number of nitrogens with one attached hydrogen (secondary N) is 1. The number of aliphatic hydroxyl groups is 1. The van der Waals surface area contributed by atoms with Crippen molar-refractivity contribution < 1.29 is 14.3 Å². The highest BCUT2D eigenvalue weighted by atomic mass is 19.1. The normalized spacial score (nSPS) is 9.86. The number of rotatable bonds is 3. The Labute approximate surface area is 80.5 Å². The Balaban J connectivity index is 2.80. The zero-order valence-electron chi connectivity index (χ0n) is 7.46. The van der Waals surface area contributed by atoms with Crippen LogP contribution in [0.15, 0.2) is 18.2 Å². The van der Waals surface area contributed by atoms with Crippen LogP contribution in [-0.2, 0) is 0 Å². The van der Waals surface area contributed by atoms with Gasteiger partial charge in [-0.1, -0.05) is 0 Å². The average Bonchev–Trinajstić information content (AvgIpc) is 2.14. The first kappa shape index (κ1) is 10.5. The molecule has 0 spiro atoms. The summed E-state index contributed by atoms with van der Waals surface area (Å²) in [4.78, 5) is 11.2. The van der Waals surface area contributed by atoms with Crippen LogP contribution in [-0.4, -0.2) is 24.2 Å². The first-order valence-electron chi connectivity index (χ1n) is 4.09.